The molecule has 106 valence electrons. The summed E-state index contributed by atoms with van der Waals surface area (Å²) in [6, 6.07) is 7.54. The SMILES string of the molecule is CNC(c1cc(Br)ccc1F)c1c(C)cc(C)cc1F. The molecule has 1 N–H and O–H groups in total. The lowest BCUT2D eigenvalue weighted by Gasteiger charge is -2.21. The fourth-order valence-corrected chi connectivity index (χ4v) is 2.86. The van der Waals surface area contributed by atoms with Gasteiger partial charge in [-0.25, -0.2) is 8.78 Å². The standard InChI is InChI=1S/C16H16BrF2N/c1-9-6-10(2)15(14(19)7-9)16(20-3)12-8-11(17)4-5-13(12)18/h4-8,16,20H,1-3H3. The van der Waals surface area contributed by atoms with E-state index in [0.29, 0.717) is 11.1 Å². The van der Waals surface area contributed by atoms with E-state index in [0.717, 1.165) is 15.6 Å². The van der Waals surface area contributed by atoms with Crippen LogP contribution in [-0.2, 0) is 0 Å². The van der Waals surface area contributed by atoms with Crippen LogP contribution in [0.25, 0.3) is 0 Å². The number of hydrogen-bond donors (Lipinski definition) is 1. The van der Waals surface area contributed by atoms with Gasteiger partial charge in [-0.15, -0.1) is 0 Å². The summed E-state index contributed by atoms with van der Waals surface area (Å²) in [5, 5.41) is 3.00. The Morgan fingerprint density at radius 1 is 1.05 bits per heavy atom. The Hall–Kier alpha value is -1.26. The topological polar surface area (TPSA) is 12.0 Å². The molecule has 4 heteroatoms. The van der Waals surface area contributed by atoms with Gasteiger partial charge in [0.15, 0.2) is 0 Å². The maximum Gasteiger partial charge on any atom is 0.128 e. The molecular weight excluding hydrogens is 324 g/mol. The summed E-state index contributed by atoms with van der Waals surface area (Å²) in [6.45, 7) is 3.68. The molecule has 2 aromatic carbocycles. The molecule has 0 aliphatic heterocycles. The molecule has 2 aromatic rings. The Morgan fingerprint density at radius 3 is 2.35 bits per heavy atom. The van der Waals surface area contributed by atoms with Crippen LogP contribution in [-0.4, -0.2) is 7.05 Å². The lowest BCUT2D eigenvalue weighted by Crippen LogP contribution is -2.21. The molecule has 0 aliphatic carbocycles. The summed E-state index contributed by atoms with van der Waals surface area (Å²) in [4.78, 5) is 0. The molecule has 1 atom stereocenters. The monoisotopic (exact) mass is 339 g/mol. The van der Waals surface area contributed by atoms with Gasteiger partial charge >= 0.3 is 0 Å². The average molecular weight is 340 g/mol. The minimum absolute atomic E-state index is 0.318. The number of hydrogen-bond acceptors (Lipinski definition) is 1. The summed E-state index contributed by atoms with van der Waals surface area (Å²) in [7, 11) is 1.70. The molecule has 2 rings (SSSR count). The first-order valence-electron chi connectivity index (χ1n) is 6.33. The Bertz CT molecular complexity index is 617. The van der Waals surface area contributed by atoms with Crippen molar-refractivity contribution in [2.24, 2.45) is 0 Å². The van der Waals surface area contributed by atoms with Crippen LogP contribution in [0.1, 0.15) is 28.3 Å². The lowest BCUT2D eigenvalue weighted by atomic mass is 9.93. The number of halogens is 3. The van der Waals surface area contributed by atoms with E-state index >= 15 is 0 Å². The predicted molar refractivity (Wildman–Crippen MR) is 80.9 cm³/mol. The Kier molecular flexibility index (Phi) is 4.55. The highest BCUT2D eigenvalue weighted by molar-refractivity contribution is 9.10. The van der Waals surface area contributed by atoms with Crippen molar-refractivity contribution in [1.82, 2.24) is 5.32 Å². The first kappa shape index (κ1) is 15.1. The van der Waals surface area contributed by atoms with E-state index in [4.69, 9.17) is 0 Å². The summed E-state index contributed by atoms with van der Waals surface area (Å²) >= 11 is 3.33. The molecule has 0 heterocycles. The Balaban J connectivity index is 2.61. The van der Waals surface area contributed by atoms with E-state index in [1.807, 2.05) is 19.9 Å². The molecule has 0 aromatic heterocycles. The maximum atomic E-state index is 14.3. The van der Waals surface area contributed by atoms with E-state index in [-0.39, 0.29) is 11.6 Å². The summed E-state index contributed by atoms with van der Waals surface area (Å²) in [5.41, 5.74) is 2.57. The lowest BCUT2D eigenvalue weighted by molar-refractivity contribution is 0.544. The summed E-state index contributed by atoms with van der Waals surface area (Å²) < 4.78 is 29.1. The second-order valence-electron chi connectivity index (χ2n) is 4.86. The highest BCUT2D eigenvalue weighted by Crippen LogP contribution is 2.31. The smallest absolute Gasteiger partial charge is 0.128 e. The van der Waals surface area contributed by atoms with Gasteiger partial charge < -0.3 is 5.32 Å². The first-order chi connectivity index (χ1) is 9.43. The van der Waals surface area contributed by atoms with Crippen molar-refractivity contribution in [3.8, 4) is 0 Å². The highest BCUT2D eigenvalue weighted by Gasteiger charge is 2.22. The molecule has 0 saturated heterocycles. The van der Waals surface area contributed by atoms with E-state index < -0.39 is 6.04 Å². The van der Waals surface area contributed by atoms with Gasteiger partial charge in [-0.3, -0.25) is 0 Å². The van der Waals surface area contributed by atoms with Crippen LogP contribution in [0, 0.1) is 25.5 Å². The van der Waals surface area contributed by atoms with Gasteiger partial charge in [0.2, 0.25) is 0 Å². The highest BCUT2D eigenvalue weighted by atomic mass is 79.9. The minimum Gasteiger partial charge on any atom is -0.309 e. The minimum atomic E-state index is -0.520. The molecular formula is C16H16BrF2N. The number of nitrogens with one attached hydrogen (secondary N) is 1. The zero-order valence-electron chi connectivity index (χ0n) is 11.6. The normalized spacial score (nSPS) is 12.5. The maximum absolute atomic E-state index is 14.3. The summed E-state index contributed by atoms with van der Waals surface area (Å²) in [6.07, 6.45) is 0. The third-order valence-electron chi connectivity index (χ3n) is 3.33. The van der Waals surface area contributed by atoms with E-state index in [9.17, 15) is 8.78 Å². The Labute approximate surface area is 126 Å². The van der Waals surface area contributed by atoms with Crippen LogP contribution in [0.3, 0.4) is 0 Å². The van der Waals surface area contributed by atoms with Gasteiger partial charge in [0, 0.05) is 15.6 Å². The van der Waals surface area contributed by atoms with Gasteiger partial charge in [-0.2, -0.15) is 0 Å². The number of rotatable bonds is 3. The molecule has 0 aliphatic rings. The van der Waals surface area contributed by atoms with Crippen molar-refractivity contribution in [2.75, 3.05) is 7.05 Å². The third-order valence-corrected chi connectivity index (χ3v) is 3.82. The van der Waals surface area contributed by atoms with Crippen LogP contribution < -0.4 is 5.32 Å². The fraction of sp³-hybridized carbons (Fsp3) is 0.250. The predicted octanol–water partition coefficient (Wildman–Crippen LogP) is 4.65. The Morgan fingerprint density at radius 2 is 1.75 bits per heavy atom. The number of aryl methyl sites for hydroxylation is 2. The quantitative estimate of drug-likeness (QED) is 0.857. The van der Waals surface area contributed by atoms with E-state index in [2.05, 4.69) is 21.2 Å². The average Bonchev–Trinajstić information content (AvgIpc) is 2.37. The van der Waals surface area contributed by atoms with Crippen LogP contribution in [0.15, 0.2) is 34.8 Å². The van der Waals surface area contributed by atoms with Crippen LogP contribution in [0.4, 0.5) is 8.78 Å². The summed E-state index contributed by atoms with van der Waals surface area (Å²) in [5.74, 6) is -0.673. The van der Waals surface area contributed by atoms with E-state index in [1.54, 1.807) is 19.2 Å². The van der Waals surface area contributed by atoms with Gasteiger partial charge in [0.25, 0.3) is 0 Å². The molecule has 0 bridgehead atoms. The van der Waals surface area contributed by atoms with E-state index in [1.165, 1.54) is 12.1 Å². The second kappa shape index (κ2) is 6.02. The van der Waals surface area contributed by atoms with Crippen molar-refractivity contribution < 1.29 is 8.78 Å². The van der Waals surface area contributed by atoms with Crippen molar-refractivity contribution in [2.45, 2.75) is 19.9 Å². The first-order valence-corrected chi connectivity index (χ1v) is 7.12. The van der Waals surface area contributed by atoms with Gasteiger partial charge in [0.1, 0.15) is 11.6 Å². The second-order valence-corrected chi connectivity index (χ2v) is 5.78. The number of benzene rings is 2. The van der Waals surface area contributed by atoms with Gasteiger partial charge in [-0.1, -0.05) is 22.0 Å². The van der Waals surface area contributed by atoms with Crippen LogP contribution in [0.2, 0.25) is 0 Å². The van der Waals surface area contributed by atoms with Gasteiger partial charge in [0.05, 0.1) is 6.04 Å². The molecule has 1 unspecified atom stereocenters. The zero-order chi connectivity index (χ0) is 14.9. The van der Waals surface area contributed by atoms with Gasteiger partial charge in [-0.05, 0) is 56.3 Å². The van der Waals surface area contributed by atoms with Crippen molar-refractivity contribution in [3.63, 3.8) is 0 Å². The van der Waals surface area contributed by atoms with Crippen molar-refractivity contribution >= 4 is 15.9 Å². The molecule has 0 saturated carbocycles. The zero-order valence-corrected chi connectivity index (χ0v) is 13.2. The molecule has 0 radical (unpaired) electrons. The van der Waals surface area contributed by atoms with Crippen LogP contribution >= 0.6 is 15.9 Å². The third kappa shape index (κ3) is 2.91. The molecule has 0 amide bonds. The van der Waals surface area contributed by atoms with Crippen molar-refractivity contribution in [1.29, 1.82) is 0 Å². The molecule has 20 heavy (non-hydrogen) atoms. The molecule has 0 spiro atoms. The van der Waals surface area contributed by atoms with Crippen molar-refractivity contribution in [3.05, 3.63) is 68.7 Å². The molecule has 1 nitrogen and oxygen atoms in total. The van der Waals surface area contributed by atoms with Crippen LogP contribution in [0.5, 0.6) is 0 Å². The largest absolute Gasteiger partial charge is 0.309 e. The fourth-order valence-electron chi connectivity index (χ4n) is 2.48. The molecule has 0 fully saturated rings.